The van der Waals surface area contributed by atoms with Gasteiger partial charge in [0.1, 0.15) is 36.5 Å². The van der Waals surface area contributed by atoms with Crippen LogP contribution in [0.2, 0.25) is 0 Å². The topological polar surface area (TPSA) is 174 Å². The molecule has 1 fully saturated rings. The molecule has 3 aliphatic heterocycles. The highest BCUT2D eigenvalue weighted by Crippen LogP contribution is 2.43. The zero-order valence-corrected chi connectivity index (χ0v) is 19.4. The number of cyclic esters (lactones) is 1. The van der Waals surface area contributed by atoms with E-state index in [9.17, 15) is 24.3 Å². The van der Waals surface area contributed by atoms with Crippen molar-refractivity contribution in [3.63, 3.8) is 0 Å². The lowest BCUT2D eigenvalue weighted by molar-refractivity contribution is -0.150. The Hall–Kier alpha value is -3.04. The number of carbonyl (C=O) groups excluding carboxylic acids is 3. The van der Waals surface area contributed by atoms with Crippen LogP contribution in [-0.2, 0) is 28.8 Å². The molecule has 1 aromatic heterocycles. The highest BCUT2D eigenvalue weighted by atomic mass is 32.2. The number of thioether (sulfide) groups is 2. The largest absolute Gasteiger partial charge is 0.477 e. The van der Waals surface area contributed by atoms with E-state index in [1.165, 1.54) is 47.0 Å². The van der Waals surface area contributed by atoms with Gasteiger partial charge in [-0.1, -0.05) is 5.16 Å². The molecule has 4 N–H and O–H groups in total. The number of oxime groups is 1. The van der Waals surface area contributed by atoms with Crippen LogP contribution in [0.1, 0.15) is 5.69 Å². The summed E-state index contributed by atoms with van der Waals surface area (Å²) in [5.74, 6) is -2.21. The second-order valence-corrected chi connectivity index (χ2v) is 9.90. The molecule has 12 nitrogen and oxygen atoms in total. The molecule has 174 valence electrons. The van der Waals surface area contributed by atoms with Crippen molar-refractivity contribution in [3.05, 3.63) is 33.3 Å². The number of carboxylic acid groups (broad SMARTS) is 1. The van der Waals surface area contributed by atoms with Gasteiger partial charge in [-0.25, -0.2) is 14.6 Å². The van der Waals surface area contributed by atoms with E-state index in [1.54, 1.807) is 0 Å². The molecule has 1 aromatic rings. The molecule has 2 amide bonds. The maximum absolute atomic E-state index is 12.8. The number of β-lactam (4-membered cyclic amide) rings is 1. The van der Waals surface area contributed by atoms with Crippen LogP contribution in [0.3, 0.4) is 0 Å². The van der Waals surface area contributed by atoms with Gasteiger partial charge >= 0.3 is 11.9 Å². The van der Waals surface area contributed by atoms with Crippen molar-refractivity contribution in [2.24, 2.45) is 5.16 Å². The van der Waals surface area contributed by atoms with Crippen LogP contribution in [0.25, 0.3) is 0 Å². The number of nitrogens with two attached hydrogens (primary N) is 1. The van der Waals surface area contributed by atoms with E-state index in [4.69, 9.17) is 15.3 Å². The molecule has 0 radical (unpaired) electrons. The third-order valence-corrected chi connectivity index (χ3v) is 8.08. The second-order valence-electron chi connectivity index (χ2n) is 6.83. The second kappa shape index (κ2) is 9.44. The number of nitrogens with zero attached hydrogens (tertiary/aromatic N) is 3. The molecule has 0 aliphatic carbocycles. The Morgan fingerprint density at radius 2 is 2.27 bits per heavy atom. The van der Waals surface area contributed by atoms with Crippen LogP contribution >= 0.6 is 34.9 Å². The number of rotatable bonds is 8. The molecule has 15 heteroatoms. The molecule has 3 aliphatic rings. The van der Waals surface area contributed by atoms with Gasteiger partial charge in [0.05, 0.1) is 0 Å². The van der Waals surface area contributed by atoms with E-state index in [0.717, 1.165) is 16.9 Å². The molecule has 0 aromatic carbocycles. The van der Waals surface area contributed by atoms with Crippen molar-refractivity contribution in [2.75, 3.05) is 31.0 Å². The molecular weight excluding hydrogens is 494 g/mol. The van der Waals surface area contributed by atoms with Gasteiger partial charge in [-0.05, 0) is 5.57 Å². The van der Waals surface area contributed by atoms with E-state index in [0.29, 0.717) is 16.4 Å². The predicted octanol–water partition coefficient (Wildman–Crippen LogP) is -0.0117. The van der Waals surface area contributed by atoms with Crippen LogP contribution in [0.15, 0.2) is 32.8 Å². The fraction of sp³-hybridized carbons (Fsp3) is 0.333. The van der Waals surface area contributed by atoms with Crippen molar-refractivity contribution < 1.29 is 33.9 Å². The summed E-state index contributed by atoms with van der Waals surface area (Å²) in [5.41, 5.74) is 6.28. The summed E-state index contributed by atoms with van der Waals surface area (Å²) >= 11 is 3.69. The first kappa shape index (κ1) is 23.1. The number of anilines is 1. The highest BCUT2D eigenvalue weighted by Gasteiger charge is 2.54. The molecule has 33 heavy (non-hydrogen) atoms. The smallest absolute Gasteiger partial charge is 0.353 e. The van der Waals surface area contributed by atoms with Gasteiger partial charge in [-0.15, -0.1) is 34.9 Å². The number of hydrogen-bond donors (Lipinski definition) is 3. The Labute approximate surface area is 199 Å². The Morgan fingerprint density at radius 3 is 2.88 bits per heavy atom. The number of nitrogens with one attached hydrogen (secondary N) is 1. The summed E-state index contributed by atoms with van der Waals surface area (Å²) in [7, 11) is 1.27. The molecular formula is C18H17N5O7S3. The van der Waals surface area contributed by atoms with E-state index >= 15 is 0 Å². The van der Waals surface area contributed by atoms with Gasteiger partial charge in [0.2, 0.25) is 0 Å². The number of aromatic nitrogens is 1. The third kappa shape index (κ3) is 4.56. The fourth-order valence-electron chi connectivity index (χ4n) is 3.28. The maximum atomic E-state index is 12.8. The minimum Gasteiger partial charge on any atom is -0.477 e. The molecule has 2 atom stereocenters. The number of ether oxygens (including phenoxy) is 1. The van der Waals surface area contributed by atoms with E-state index < -0.39 is 35.2 Å². The summed E-state index contributed by atoms with van der Waals surface area (Å²) in [6, 6.07) is -0.940. The number of esters is 1. The van der Waals surface area contributed by atoms with Crippen molar-refractivity contribution >= 4 is 69.5 Å². The average molecular weight is 512 g/mol. The molecule has 1 saturated heterocycles. The number of amides is 2. The Bertz CT molecular complexity index is 1130. The number of carbonyl (C=O) groups is 4. The molecule has 0 unspecified atom stereocenters. The van der Waals surface area contributed by atoms with Crippen molar-refractivity contribution in [1.29, 1.82) is 0 Å². The van der Waals surface area contributed by atoms with Gasteiger partial charge in [0.25, 0.3) is 11.8 Å². The molecule has 4 rings (SSSR count). The van der Waals surface area contributed by atoms with Crippen molar-refractivity contribution in [3.8, 4) is 0 Å². The van der Waals surface area contributed by atoms with Gasteiger partial charge in [-0.2, -0.15) is 0 Å². The fourth-order valence-corrected chi connectivity index (χ4v) is 6.41. The molecule has 0 saturated carbocycles. The Morgan fingerprint density at radius 1 is 1.48 bits per heavy atom. The lowest BCUT2D eigenvalue weighted by atomic mass is 10.0. The van der Waals surface area contributed by atoms with Crippen LogP contribution in [0.4, 0.5) is 5.13 Å². The first-order valence-corrected chi connectivity index (χ1v) is 12.2. The van der Waals surface area contributed by atoms with Gasteiger partial charge < -0.3 is 25.7 Å². The van der Waals surface area contributed by atoms with Crippen LogP contribution < -0.4 is 11.1 Å². The van der Waals surface area contributed by atoms with Crippen LogP contribution in [0, 0.1) is 0 Å². The van der Waals surface area contributed by atoms with Crippen LogP contribution in [-0.4, -0.2) is 81.1 Å². The number of thiazole rings is 1. The number of carboxylic acids is 1. The summed E-state index contributed by atoms with van der Waals surface area (Å²) in [6.07, 6.45) is 1.38. The number of hydrogen-bond acceptors (Lipinski definition) is 12. The number of aliphatic carboxylic acids is 1. The number of fused-ring (bicyclic) bond motifs is 1. The Kier molecular flexibility index (Phi) is 6.62. The molecule has 4 heterocycles. The van der Waals surface area contributed by atoms with Gasteiger partial charge in [-0.3, -0.25) is 14.5 Å². The van der Waals surface area contributed by atoms with E-state index in [1.807, 2.05) is 0 Å². The van der Waals surface area contributed by atoms with Crippen molar-refractivity contribution in [2.45, 2.75) is 11.4 Å². The summed E-state index contributed by atoms with van der Waals surface area (Å²) in [4.78, 5) is 59.1. The first-order valence-electron chi connectivity index (χ1n) is 9.33. The monoisotopic (exact) mass is 511 g/mol. The predicted molar refractivity (Wildman–Crippen MR) is 121 cm³/mol. The summed E-state index contributed by atoms with van der Waals surface area (Å²) in [6.45, 7) is 0.171. The van der Waals surface area contributed by atoms with Gasteiger partial charge in [0, 0.05) is 27.9 Å². The molecule has 0 spiro atoms. The van der Waals surface area contributed by atoms with Gasteiger partial charge in [0.15, 0.2) is 10.8 Å². The quantitative estimate of drug-likeness (QED) is 0.185. The maximum Gasteiger partial charge on any atom is 0.353 e. The standard InChI is InChI=1S/C18H17N5O7S3/c1-29-22-11(8-5-33-18(19)20-8)14(25)21-12-15(26)23-13(17(27)28)9(6-32-16(12)23)31-4-7-2-10(24)30-3-7/h2,5,12,16H,3-4,6H2,1H3,(H2,19,20)(H,21,25)(H,27,28)/t12-,16+/m1/s1. The number of nitrogen functional groups attached to an aromatic ring is 1. The first-order chi connectivity index (χ1) is 15.8. The lowest BCUT2D eigenvalue weighted by Crippen LogP contribution is -2.71. The summed E-state index contributed by atoms with van der Waals surface area (Å²) < 4.78 is 4.85. The lowest BCUT2D eigenvalue weighted by Gasteiger charge is -2.49. The SMILES string of the molecule is CON=C(C(=O)N[C@@H]1C(=O)N2C(C(=O)O)=C(SCC3=CC(=O)OC3)CS[C@@H]12)c1csc(N)n1. The van der Waals surface area contributed by atoms with E-state index in [2.05, 4.69) is 15.5 Å². The highest BCUT2D eigenvalue weighted by molar-refractivity contribution is 8.06. The Balaban J connectivity index is 1.48. The van der Waals surface area contributed by atoms with E-state index in [-0.39, 0.29) is 28.8 Å². The third-order valence-electron chi connectivity index (χ3n) is 4.74. The minimum atomic E-state index is -1.24. The van der Waals surface area contributed by atoms with Crippen molar-refractivity contribution in [1.82, 2.24) is 15.2 Å². The minimum absolute atomic E-state index is 0.122. The average Bonchev–Trinajstić information content (AvgIpc) is 3.40. The normalized spacial score (nSPS) is 22.4. The molecule has 0 bridgehead atoms. The zero-order valence-electron chi connectivity index (χ0n) is 17.0. The summed E-state index contributed by atoms with van der Waals surface area (Å²) in [5, 5.41) is 17.2. The van der Waals surface area contributed by atoms with Crippen LogP contribution in [0.5, 0.6) is 0 Å². The zero-order chi connectivity index (χ0) is 23.7.